The van der Waals surface area contributed by atoms with Crippen LogP contribution in [0.15, 0.2) is 0 Å². The van der Waals surface area contributed by atoms with Crippen molar-refractivity contribution >= 4 is 12.4 Å². The predicted molar refractivity (Wildman–Crippen MR) is 60.3 cm³/mol. The van der Waals surface area contributed by atoms with Gasteiger partial charge in [-0.3, -0.25) is 4.79 Å². The molecule has 1 N–H and O–H groups in total. The van der Waals surface area contributed by atoms with Crippen LogP contribution in [-0.2, 0) is 19.1 Å². The molecule has 2 atom stereocenters. The van der Waals surface area contributed by atoms with Crippen LogP contribution in [0.5, 0.6) is 0 Å². The Hall–Kier alpha value is -1.10. The summed E-state index contributed by atoms with van der Waals surface area (Å²) in [6.07, 6.45) is 5.38. The number of hydrogen-bond acceptors (Lipinski definition) is 4. The van der Waals surface area contributed by atoms with Crippen molar-refractivity contribution in [2.24, 2.45) is 5.92 Å². The molecule has 1 spiro atoms. The number of carbonyl (C=O) groups is 2. The minimum absolute atomic E-state index is 0.0159. The molecule has 1 heterocycles. The molecule has 0 aromatic heterocycles. The third-order valence-corrected chi connectivity index (χ3v) is 3.74. The molecule has 0 aromatic rings. The van der Waals surface area contributed by atoms with Crippen LogP contribution >= 0.6 is 0 Å². The number of methoxy groups -OCH3 is 1. The molecule has 2 aliphatic rings. The molecule has 5 nitrogen and oxygen atoms in total. The lowest BCUT2D eigenvalue weighted by Gasteiger charge is -2.25. The summed E-state index contributed by atoms with van der Waals surface area (Å²) in [5.74, 6) is -0.238. The minimum Gasteiger partial charge on any atom is -0.467 e. The van der Waals surface area contributed by atoms with E-state index < -0.39 is 6.04 Å². The summed E-state index contributed by atoms with van der Waals surface area (Å²) in [7, 11) is 1.35. The van der Waals surface area contributed by atoms with Crippen LogP contribution in [0.3, 0.4) is 0 Å². The second kappa shape index (κ2) is 5.04. The number of nitrogens with one attached hydrogen (secondary N) is 1. The van der Waals surface area contributed by atoms with E-state index in [-0.39, 0.29) is 17.5 Å². The standard InChI is InChI=1S/C12H19NO4/c1-16-11(15)10(13-8-14)9-3-2-6-17-12(7-9)4-5-12/h8-10H,2-7H2,1H3,(H,13,14)/t9-,10+/m1/s1. The molecule has 0 bridgehead atoms. The maximum atomic E-state index is 11.7. The first-order chi connectivity index (χ1) is 8.21. The molecular formula is C12H19NO4. The lowest BCUT2D eigenvalue weighted by Crippen LogP contribution is -2.44. The zero-order valence-corrected chi connectivity index (χ0v) is 10.1. The molecule has 1 saturated heterocycles. The van der Waals surface area contributed by atoms with Crippen molar-refractivity contribution in [3.05, 3.63) is 0 Å². The number of esters is 1. The van der Waals surface area contributed by atoms with E-state index >= 15 is 0 Å². The molecule has 1 aliphatic carbocycles. The smallest absolute Gasteiger partial charge is 0.328 e. The Morgan fingerprint density at radius 1 is 1.59 bits per heavy atom. The Morgan fingerprint density at radius 2 is 2.35 bits per heavy atom. The molecule has 0 aromatic carbocycles. The molecule has 0 radical (unpaired) electrons. The van der Waals surface area contributed by atoms with Crippen LogP contribution in [0, 0.1) is 5.92 Å². The van der Waals surface area contributed by atoms with Gasteiger partial charge in [-0.1, -0.05) is 0 Å². The van der Waals surface area contributed by atoms with Crippen molar-refractivity contribution < 1.29 is 19.1 Å². The summed E-state index contributed by atoms with van der Waals surface area (Å²) in [6, 6.07) is -0.531. The number of ether oxygens (including phenoxy) is 2. The van der Waals surface area contributed by atoms with Gasteiger partial charge in [-0.15, -0.1) is 0 Å². The Kier molecular flexibility index (Phi) is 3.66. The second-order valence-corrected chi connectivity index (χ2v) is 4.92. The molecule has 2 rings (SSSR count). The first-order valence-corrected chi connectivity index (χ1v) is 6.12. The molecule has 2 fully saturated rings. The maximum absolute atomic E-state index is 11.7. The molecule has 17 heavy (non-hydrogen) atoms. The van der Waals surface area contributed by atoms with Crippen LogP contribution in [0.4, 0.5) is 0 Å². The van der Waals surface area contributed by atoms with Gasteiger partial charge in [0.05, 0.1) is 12.7 Å². The average molecular weight is 241 g/mol. The lowest BCUT2D eigenvalue weighted by atomic mass is 9.89. The normalized spacial score (nSPS) is 27.9. The lowest BCUT2D eigenvalue weighted by molar-refractivity contribution is -0.146. The van der Waals surface area contributed by atoms with Crippen molar-refractivity contribution in [3.63, 3.8) is 0 Å². The van der Waals surface area contributed by atoms with Crippen molar-refractivity contribution in [1.82, 2.24) is 5.32 Å². The largest absolute Gasteiger partial charge is 0.467 e. The second-order valence-electron chi connectivity index (χ2n) is 4.92. The van der Waals surface area contributed by atoms with Crippen molar-refractivity contribution in [3.8, 4) is 0 Å². The topological polar surface area (TPSA) is 64.6 Å². The molecule has 5 heteroatoms. The van der Waals surface area contributed by atoms with Gasteiger partial charge in [0.25, 0.3) is 0 Å². The molecular weight excluding hydrogens is 222 g/mol. The number of hydrogen-bond donors (Lipinski definition) is 1. The van der Waals surface area contributed by atoms with E-state index in [1.165, 1.54) is 7.11 Å². The molecule has 0 unspecified atom stereocenters. The minimum atomic E-state index is -0.531. The van der Waals surface area contributed by atoms with Gasteiger partial charge in [0.15, 0.2) is 0 Å². The summed E-state index contributed by atoms with van der Waals surface area (Å²) in [6.45, 7) is 0.755. The van der Waals surface area contributed by atoms with Gasteiger partial charge in [0.2, 0.25) is 6.41 Å². The third-order valence-electron chi connectivity index (χ3n) is 3.74. The van der Waals surface area contributed by atoms with E-state index in [2.05, 4.69) is 5.32 Å². The van der Waals surface area contributed by atoms with E-state index in [9.17, 15) is 9.59 Å². The monoisotopic (exact) mass is 241 g/mol. The fourth-order valence-electron chi connectivity index (χ4n) is 2.64. The Morgan fingerprint density at radius 3 is 2.94 bits per heavy atom. The summed E-state index contributed by atoms with van der Waals surface area (Å²) >= 11 is 0. The number of carbonyl (C=O) groups excluding carboxylic acids is 2. The van der Waals surface area contributed by atoms with Crippen LogP contribution in [0.2, 0.25) is 0 Å². The van der Waals surface area contributed by atoms with Crippen LogP contribution in [-0.4, -0.2) is 37.7 Å². The first kappa shape index (κ1) is 12.4. The van der Waals surface area contributed by atoms with E-state index in [0.29, 0.717) is 6.41 Å². The highest BCUT2D eigenvalue weighted by Crippen LogP contribution is 2.47. The highest BCUT2D eigenvalue weighted by Gasteiger charge is 2.48. The van der Waals surface area contributed by atoms with Crippen LogP contribution < -0.4 is 5.32 Å². The van der Waals surface area contributed by atoms with Gasteiger partial charge < -0.3 is 14.8 Å². The fraction of sp³-hybridized carbons (Fsp3) is 0.833. The summed E-state index contributed by atoms with van der Waals surface area (Å²) in [4.78, 5) is 22.3. The quantitative estimate of drug-likeness (QED) is 0.579. The molecule has 96 valence electrons. The highest BCUT2D eigenvalue weighted by atomic mass is 16.5. The summed E-state index contributed by atoms with van der Waals surface area (Å²) in [5.41, 5.74) is -0.0159. The van der Waals surface area contributed by atoms with Gasteiger partial charge in [-0.2, -0.15) is 0 Å². The third kappa shape index (κ3) is 2.77. The van der Waals surface area contributed by atoms with Gasteiger partial charge in [0.1, 0.15) is 6.04 Å². The Balaban J connectivity index is 2.05. The molecule has 1 saturated carbocycles. The van der Waals surface area contributed by atoms with E-state index in [0.717, 1.165) is 38.7 Å². The van der Waals surface area contributed by atoms with Crippen molar-refractivity contribution in [2.45, 2.75) is 43.7 Å². The molecule has 1 amide bonds. The van der Waals surface area contributed by atoms with Crippen molar-refractivity contribution in [2.75, 3.05) is 13.7 Å². The summed E-state index contributed by atoms with van der Waals surface area (Å²) < 4.78 is 10.6. The average Bonchev–Trinajstić information content (AvgIpc) is 3.13. The Labute approximate surface area is 101 Å². The van der Waals surface area contributed by atoms with E-state index in [1.807, 2.05) is 0 Å². The van der Waals surface area contributed by atoms with Crippen LogP contribution in [0.25, 0.3) is 0 Å². The molecule has 1 aliphatic heterocycles. The first-order valence-electron chi connectivity index (χ1n) is 6.12. The van der Waals surface area contributed by atoms with Gasteiger partial charge >= 0.3 is 5.97 Å². The maximum Gasteiger partial charge on any atom is 0.328 e. The van der Waals surface area contributed by atoms with Gasteiger partial charge in [-0.25, -0.2) is 4.79 Å². The Bertz CT molecular complexity index is 301. The van der Waals surface area contributed by atoms with E-state index in [4.69, 9.17) is 9.47 Å². The van der Waals surface area contributed by atoms with Crippen LogP contribution in [0.1, 0.15) is 32.1 Å². The fourth-order valence-corrected chi connectivity index (χ4v) is 2.64. The van der Waals surface area contributed by atoms with Crippen molar-refractivity contribution in [1.29, 1.82) is 0 Å². The zero-order chi connectivity index (χ0) is 12.3. The highest BCUT2D eigenvalue weighted by molar-refractivity contribution is 5.78. The van der Waals surface area contributed by atoms with Gasteiger partial charge in [-0.05, 0) is 38.0 Å². The van der Waals surface area contributed by atoms with Gasteiger partial charge in [0, 0.05) is 6.61 Å². The number of amides is 1. The van der Waals surface area contributed by atoms with E-state index in [1.54, 1.807) is 0 Å². The predicted octanol–water partition coefficient (Wildman–Crippen LogP) is 0.623. The SMILES string of the molecule is COC(=O)[C@@H](NC=O)[C@@H]1CCCOC2(CC2)C1. The summed E-state index contributed by atoms with van der Waals surface area (Å²) in [5, 5.41) is 2.59. The number of rotatable bonds is 4. The zero-order valence-electron chi connectivity index (χ0n) is 10.1.